The highest BCUT2D eigenvalue weighted by atomic mass is 28.4. The van der Waals surface area contributed by atoms with Gasteiger partial charge in [-0.15, -0.1) is 0 Å². The van der Waals surface area contributed by atoms with E-state index >= 15 is 0 Å². The lowest BCUT2D eigenvalue weighted by Gasteiger charge is -2.41. The van der Waals surface area contributed by atoms with E-state index in [9.17, 15) is 0 Å². The minimum Gasteiger partial charge on any atom is -0.404 e. The molecule has 0 N–H and O–H groups in total. The van der Waals surface area contributed by atoms with Crippen LogP contribution in [0.2, 0.25) is 0 Å². The third-order valence-electron chi connectivity index (χ3n) is 6.27. The fourth-order valence-corrected chi connectivity index (χ4v) is 9.44. The van der Waals surface area contributed by atoms with E-state index in [1.54, 1.807) is 0 Å². The third kappa shape index (κ3) is 6.23. The first-order valence-electron chi connectivity index (χ1n) is 12.2. The van der Waals surface area contributed by atoms with Gasteiger partial charge in [0.05, 0.1) is 6.61 Å². The summed E-state index contributed by atoms with van der Waals surface area (Å²) in [6, 6.07) is 32.6. The molecule has 0 aromatic heterocycles. The predicted molar refractivity (Wildman–Crippen MR) is 143 cm³/mol. The Balaban J connectivity index is 2.17. The molecule has 0 aliphatic rings. The van der Waals surface area contributed by atoms with Crippen molar-refractivity contribution in [2.75, 3.05) is 20.3 Å². The number of benzene rings is 3. The molecule has 0 heterocycles. The van der Waals surface area contributed by atoms with Crippen LogP contribution in [-0.4, -0.2) is 28.6 Å². The zero-order valence-corrected chi connectivity index (χ0v) is 22.0. The van der Waals surface area contributed by atoms with Crippen molar-refractivity contribution in [1.82, 2.24) is 0 Å². The van der Waals surface area contributed by atoms with Crippen LogP contribution in [0.25, 0.3) is 0 Å². The summed E-state index contributed by atoms with van der Waals surface area (Å²) in [7, 11) is -0.895. The number of ether oxygens (including phenoxy) is 1. The van der Waals surface area contributed by atoms with Crippen LogP contribution in [-0.2, 0) is 9.16 Å². The molecule has 0 aliphatic carbocycles. The largest absolute Gasteiger partial charge is 0.404 e. The Hall–Kier alpha value is -2.20. The standard InChI is InChI=1S/C30H40O2Si/c1-25(2)21-30(23-31-5,22-26(3)4)24-32-33(27-15-9-6-10-16-27,28-17-11-7-12-18-28)29-19-13-8-14-20-29/h6-20,25-26H,21-24H2,1-5H3. The first-order valence-corrected chi connectivity index (χ1v) is 14.1. The topological polar surface area (TPSA) is 18.5 Å². The lowest BCUT2D eigenvalue weighted by molar-refractivity contribution is 0.00696. The molecule has 0 fully saturated rings. The van der Waals surface area contributed by atoms with Gasteiger partial charge in [-0.25, -0.2) is 0 Å². The van der Waals surface area contributed by atoms with Gasteiger partial charge in [0.25, 0.3) is 8.32 Å². The average Bonchev–Trinajstić information content (AvgIpc) is 2.81. The number of rotatable bonds is 12. The number of hydrogen-bond acceptors (Lipinski definition) is 2. The van der Waals surface area contributed by atoms with Gasteiger partial charge in [0.2, 0.25) is 0 Å². The van der Waals surface area contributed by atoms with Crippen LogP contribution in [0, 0.1) is 17.3 Å². The molecule has 2 nitrogen and oxygen atoms in total. The van der Waals surface area contributed by atoms with E-state index in [0.29, 0.717) is 25.0 Å². The molecular weight excluding hydrogens is 420 g/mol. The van der Waals surface area contributed by atoms with Gasteiger partial charge in [-0.05, 0) is 40.2 Å². The lowest BCUT2D eigenvalue weighted by atomic mass is 9.75. The van der Waals surface area contributed by atoms with Crippen molar-refractivity contribution in [2.24, 2.45) is 17.3 Å². The molecule has 3 aromatic rings. The maximum Gasteiger partial charge on any atom is 0.288 e. The second-order valence-corrected chi connectivity index (χ2v) is 13.6. The van der Waals surface area contributed by atoms with Crippen LogP contribution < -0.4 is 15.6 Å². The van der Waals surface area contributed by atoms with Gasteiger partial charge in [0.15, 0.2) is 0 Å². The Morgan fingerprint density at radius 3 is 1.27 bits per heavy atom. The molecule has 0 radical (unpaired) electrons. The normalized spacial score (nSPS) is 12.5. The van der Waals surface area contributed by atoms with Crippen LogP contribution in [0.4, 0.5) is 0 Å². The Bertz CT molecular complexity index is 832. The predicted octanol–water partition coefficient (Wildman–Crippen LogP) is 5.40. The van der Waals surface area contributed by atoms with E-state index in [4.69, 9.17) is 9.16 Å². The van der Waals surface area contributed by atoms with Crippen LogP contribution in [0.15, 0.2) is 91.0 Å². The van der Waals surface area contributed by atoms with Crippen LogP contribution in [0.1, 0.15) is 40.5 Å². The summed E-state index contributed by atoms with van der Waals surface area (Å²) in [6.07, 6.45) is 2.17. The quantitative estimate of drug-likeness (QED) is 0.266. The molecule has 3 rings (SSSR count). The summed E-state index contributed by atoms with van der Waals surface area (Å²) in [4.78, 5) is 0. The first kappa shape index (κ1) is 25.4. The molecule has 3 heteroatoms. The van der Waals surface area contributed by atoms with Crippen LogP contribution in [0.3, 0.4) is 0 Å². The van der Waals surface area contributed by atoms with Crippen molar-refractivity contribution in [3.8, 4) is 0 Å². The summed E-state index contributed by atoms with van der Waals surface area (Å²) in [5, 5.41) is 3.84. The van der Waals surface area contributed by atoms with E-state index < -0.39 is 8.32 Å². The van der Waals surface area contributed by atoms with Gasteiger partial charge in [-0.1, -0.05) is 119 Å². The van der Waals surface area contributed by atoms with Crippen molar-refractivity contribution in [2.45, 2.75) is 40.5 Å². The van der Waals surface area contributed by atoms with E-state index in [0.717, 1.165) is 12.8 Å². The molecule has 33 heavy (non-hydrogen) atoms. The van der Waals surface area contributed by atoms with Gasteiger partial charge in [0.1, 0.15) is 0 Å². The summed E-state index contributed by atoms with van der Waals surface area (Å²) in [5.41, 5.74) is -0.0202. The zero-order valence-electron chi connectivity index (χ0n) is 21.0. The molecule has 0 amide bonds. The minimum absolute atomic E-state index is 0.0202. The highest BCUT2D eigenvalue weighted by Gasteiger charge is 2.44. The maximum absolute atomic E-state index is 7.37. The Morgan fingerprint density at radius 2 is 0.970 bits per heavy atom. The maximum atomic E-state index is 7.37. The lowest BCUT2D eigenvalue weighted by Crippen LogP contribution is -2.70. The van der Waals surface area contributed by atoms with Gasteiger partial charge in [0, 0.05) is 19.1 Å². The second-order valence-electron chi connectivity index (χ2n) is 10.2. The number of methoxy groups -OCH3 is 1. The molecule has 3 aromatic carbocycles. The summed E-state index contributed by atoms with van der Waals surface area (Å²) < 4.78 is 13.2. The smallest absolute Gasteiger partial charge is 0.288 e. The Kier molecular flexibility index (Phi) is 9.08. The van der Waals surface area contributed by atoms with Crippen molar-refractivity contribution in [3.63, 3.8) is 0 Å². The molecule has 0 saturated carbocycles. The molecule has 0 spiro atoms. The van der Waals surface area contributed by atoms with Gasteiger partial charge in [-0.3, -0.25) is 0 Å². The van der Waals surface area contributed by atoms with Gasteiger partial charge >= 0.3 is 0 Å². The highest BCUT2D eigenvalue weighted by Crippen LogP contribution is 2.35. The van der Waals surface area contributed by atoms with Gasteiger partial charge < -0.3 is 9.16 Å². The molecule has 0 saturated heterocycles. The SMILES string of the molecule is COCC(CO[Si](c1ccccc1)(c1ccccc1)c1ccccc1)(CC(C)C)CC(C)C. The summed E-state index contributed by atoms with van der Waals surface area (Å²) in [6.45, 7) is 10.6. The summed E-state index contributed by atoms with van der Waals surface area (Å²) in [5.74, 6) is 1.15. The van der Waals surface area contributed by atoms with E-state index in [1.807, 2.05) is 7.11 Å². The molecule has 0 atom stereocenters. The first-order chi connectivity index (χ1) is 15.9. The minimum atomic E-state index is -2.72. The van der Waals surface area contributed by atoms with Crippen molar-refractivity contribution in [1.29, 1.82) is 0 Å². The van der Waals surface area contributed by atoms with Crippen molar-refractivity contribution >= 4 is 23.9 Å². The Morgan fingerprint density at radius 1 is 0.606 bits per heavy atom. The molecule has 0 aliphatic heterocycles. The molecule has 0 bridgehead atoms. The van der Waals surface area contributed by atoms with Gasteiger partial charge in [-0.2, -0.15) is 0 Å². The zero-order chi connectivity index (χ0) is 23.7. The molecule has 0 unspecified atom stereocenters. The third-order valence-corrected chi connectivity index (χ3v) is 10.3. The highest BCUT2D eigenvalue weighted by molar-refractivity contribution is 7.07. The number of hydrogen-bond donors (Lipinski definition) is 0. The second kappa shape index (κ2) is 11.8. The van der Waals surface area contributed by atoms with Crippen LogP contribution in [0.5, 0.6) is 0 Å². The molecular formula is C30H40O2Si. The fourth-order valence-electron chi connectivity index (χ4n) is 5.43. The van der Waals surface area contributed by atoms with E-state index in [2.05, 4.69) is 119 Å². The Labute approximate surface area is 202 Å². The molecule has 176 valence electrons. The average molecular weight is 461 g/mol. The summed E-state index contributed by atoms with van der Waals surface area (Å²) >= 11 is 0. The monoisotopic (exact) mass is 460 g/mol. The fraction of sp³-hybridized carbons (Fsp3) is 0.400. The van der Waals surface area contributed by atoms with E-state index in [-0.39, 0.29) is 5.41 Å². The van der Waals surface area contributed by atoms with E-state index in [1.165, 1.54) is 15.6 Å². The van der Waals surface area contributed by atoms with Crippen LogP contribution >= 0.6 is 0 Å². The van der Waals surface area contributed by atoms with Crippen molar-refractivity contribution in [3.05, 3.63) is 91.0 Å². The van der Waals surface area contributed by atoms with Crippen molar-refractivity contribution < 1.29 is 9.16 Å².